The zero-order valence-corrected chi connectivity index (χ0v) is 18.5. The molecule has 1 unspecified atom stereocenters. The van der Waals surface area contributed by atoms with Gasteiger partial charge in [0.2, 0.25) is 5.91 Å². The molecule has 0 aliphatic carbocycles. The van der Waals surface area contributed by atoms with Gasteiger partial charge in [-0.15, -0.1) is 0 Å². The first-order chi connectivity index (χ1) is 14.4. The van der Waals surface area contributed by atoms with Gasteiger partial charge in [0.05, 0.1) is 19.1 Å². The first-order valence-electron chi connectivity index (χ1n) is 10.4. The molecule has 166 valence electrons. The molecule has 3 heterocycles. The molecule has 1 aromatic rings. The van der Waals surface area contributed by atoms with Gasteiger partial charge in [-0.1, -0.05) is 29.8 Å². The van der Waals surface area contributed by atoms with Crippen LogP contribution in [0.25, 0.3) is 0 Å². The third-order valence-corrected chi connectivity index (χ3v) is 8.49. The molecule has 3 aliphatic rings. The van der Waals surface area contributed by atoms with Crippen molar-refractivity contribution in [2.24, 2.45) is 5.92 Å². The molecule has 1 amide bonds. The third-order valence-electron chi connectivity index (χ3n) is 6.12. The monoisotopic (exact) mass is 457 g/mol. The van der Waals surface area contributed by atoms with E-state index in [1.54, 1.807) is 6.07 Å². The number of ether oxygens (including phenoxy) is 2. The molecule has 4 rings (SSSR count). The van der Waals surface area contributed by atoms with Crippen molar-refractivity contribution >= 4 is 27.7 Å². The Balaban J connectivity index is 1.33. The van der Waals surface area contributed by atoms with Crippen LogP contribution in [0, 0.1) is 5.92 Å². The summed E-state index contributed by atoms with van der Waals surface area (Å²) < 4.78 is 40.6. The molecule has 1 atom stereocenters. The minimum Gasteiger partial charge on any atom is -0.352 e. The molecule has 30 heavy (non-hydrogen) atoms. The van der Waals surface area contributed by atoms with E-state index in [0.29, 0.717) is 70.1 Å². The van der Waals surface area contributed by atoms with Gasteiger partial charge in [-0.25, -0.2) is 0 Å². The Labute approximate surface area is 182 Å². The maximum atomic E-state index is 13.2. The quantitative estimate of drug-likeness (QED) is 0.727. The molecule has 8 nitrogen and oxygen atoms in total. The van der Waals surface area contributed by atoms with Crippen molar-refractivity contribution in [1.82, 2.24) is 13.9 Å². The van der Waals surface area contributed by atoms with Gasteiger partial charge in [-0.05, 0) is 24.5 Å². The molecule has 3 saturated heterocycles. The van der Waals surface area contributed by atoms with Gasteiger partial charge < -0.3 is 14.8 Å². The Kier molecular flexibility index (Phi) is 6.67. The number of hydrogen-bond donors (Lipinski definition) is 1. The Hall–Kier alpha value is -1.23. The number of piperidine rings is 2. The number of carbonyl (C=O) groups is 1. The van der Waals surface area contributed by atoms with Crippen molar-refractivity contribution in [3.8, 4) is 0 Å². The van der Waals surface area contributed by atoms with E-state index in [4.69, 9.17) is 21.1 Å². The number of hydrogen-bond acceptors (Lipinski definition) is 5. The van der Waals surface area contributed by atoms with Crippen molar-refractivity contribution in [2.75, 3.05) is 39.4 Å². The van der Waals surface area contributed by atoms with Gasteiger partial charge in [-0.3, -0.25) is 4.79 Å². The number of carbonyl (C=O) groups excluding carboxylic acids is 1. The van der Waals surface area contributed by atoms with E-state index >= 15 is 0 Å². The number of benzene rings is 1. The molecule has 1 spiro atoms. The first-order valence-corrected chi connectivity index (χ1v) is 12.2. The van der Waals surface area contributed by atoms with E-state index < -0.39 is 16.0 Å². The highest BCUT2D eigenvalue weighted by Gasteiger charge is 2.44. The predicted molar refractivity (Wildman–Crippen MR) is 112 cm³/mol. The van der Waals surface area contributed by atoms with E-state index in [9.17, 15) is 13.2 Å². The largest absolute Gasteiger partial charge is 0.352 e. The van der Waals surface area contributed by atoms with E-state index in [-0.39, 0.29) is 18.4 Å². The fourth-order valence-electron chi connectivity index (χ4n) is 4.34. The normalized spacial score (nSPS) is 25.4. The van der Waals surface area contributed by atoms with Crippen LogP contribution in [0.15, 0.2) is 24.3 Å². The van der Waals surface area contributed by atoms with Crippen molar-refractivity contribution in [3.05, 3.63) is 34.9 Å². The minimum absolute atomic E-state index is 0.139. The van der Waals surface area contributed by atoms with Crippen LogP contribution < -0.4 is 5.32 Å². The smallest absolute Gasteiger partial charge is 0.282 e. The molecule has 3 aliphatic heterocycles. The first kappa shape index (κ1) is 22.0. The van der Waals surface area contributed by atoms with Crippen LogP contribution in [-0.4, -0.2) is 68.1 Å². The molecule has 10 heteroatoms. The molecule has 0 aromatic heterocycles. The molecule has 1 N–H and O–H groups in total. The van der Waals surface area contributed by atoms with Crippen LogP contribution in [-0.2, 0) is 31.0 Å². The summed E-state index contributed by atoms with van der Waals surface area (Å²) in [6, 6.07) is 7.35. The Bertz CT molecular complexity index is 865. The summed E-state index contributed by atoms with van der Waals surface area (Å²) >= 11 is 6.15. The summed E-state index contributed by atoms with van der Waals surface area (Å²) in [6.07, 6.45) is 2.39. The Morgan fingerprint density at radius 2 is 1.83 bits per heavy atom. The summed E-state index contributed by atoms with van der Waals surface area (Å²) in [5.41, 5.74) is 0.839. The van der Waals surface area contributed by atoms with Crippen molar-refractivity contribution in [1.29, 1.82) is 0 Å². The van der Waals surface area contributed by atoms with E-state index in [1.165, 1.54) is 8.61 Å². The van der Waals surface area contributed by atoms with Crippen LogP contribution in [0.3, 0.4) is 0 Å². The molecule has 3 fully saturated rings. The number of halogens is 1. The van der Waals surface area contributed by atoms with Crippen molar-refractivity contribution in [3.63, 3.8) is 0 Å². The van der Waals surface area contributed by atoms with E-state index in [2.05, 4.69) is 5.32 Å². The highest BCUT2D eigenvalue weighted by Crippen LogP contribution is 2.33. The summed E-state index contributed by atoms with van der Waals surface area (Å²) in [4.78, 5) is 12.7. The summed E-state index contributed by atoms with van der Waals surface area (Å²) in [5, 5.41) is 3.50. The SMILES string of the molecule is O=C(NCc1ccccc1Cl)C1CCCN(S(=O)(=O)N2CCC3(CC2)OCCO3)C1. The topological polar surface area (TPSA) is 88.2 Å². The standard InChI is InChI=1S/C20H28ClN3O5S/c21-18-6-2-1-4-16(18)14-22-19(25)17-5-3-9-24(15-17)30(26,27)23-10-7-20(8-11-23)28-12-13-29-20/h1-2,4,6,17H,3,5,7-15H2,(H,22,25). The zero-order chi connectivity index (χ0) is 21.2. The maximum absolute atomic E-state index is 13.2. The molecular formula is C20H28ClN3O5S. The van der Waals surface area contributed by atoms with Crippen molar-refractivity contribution in [2.45, 2.75) is 38.0 Å². The Morgan fingerprint density at radius 3 is 2.53 bits per heavy atom. The van der Waals surface area contributed by atoms with E-state index in [1.807, 2.05) is 18.2 Å². The van der Waals surface area contributed by atoms with Crippen LogP contribution in [0.4, 0.5) is 0 Å². The van der Waals surface area contributed by atoms with Gasteiger partial charge in [0.1, 0.15) is 0 Å². The van der Waals surface area contributed by atoms with Gasteiger partial charge in [0.15, 0.2) is 5.79 Å². The summed E-state index contributed by atoms with van der Waals surface area (Å²) in [6.45, 7) is 2.81. The fraction of sp³-hybridized carbons (Fsp3) is 0.650. The van der Waals surface area contributed by atoms with Gasteiger partial charge >= 0.3 is 0 Å². The minimum atomic E-state index is -3.62. The lowest BCUT2D eigenvalue weighted by Crippen LogP contribution is -2.54. The molecule has 0 saturated carbocycles. The number of amides is 1. The second kappa shape index (κ2) is 9.10. The number of rotatable bonds is 5. The maximum Gasteiger partial charge on any atom is 0.282 e. The second-order valence-corrected chi connectivity index (χ2v) is 10.4. The van der Waals surface area contributed by atoms with Crippen molar-refractivity contribution < 1.29 is 22.7 Å². The number of nitrogens with one attached hydrogen (secondary N) is 1. The average Bonchev–Trinajstić information content (AvgIpc) is 3.21. The third kappa shape index (κ3) is 4.66. The molecule has 0 radical (unpaired) electrons. The molecule has 1 aromatic carbocycles. The molecular weight excluding hydrogens is 430 g/mol. The fourth-order valence-corrected chi connectivity index (χ4v) is 6.24. The lowest BCUT2D eigenvalue weighted by molar-refractivity contribution is -0.179. The van der Waals surface area contributed by atoms with Crippen LogP contribution in [0.5, 0.6) is 0 Å². The highest BCUT2D eigenvalue weighted by molar-refractivity contribution is 7.86. The average molecular weight is 458 g/mol. The Morgan fingerprint density at radius 1 is 1.13 bits per heavy atom. The summed E-state index contributed by atoms with van der Waals surface area (Å²) in [7, 11) is -3.62. The molecule has 0 bridgehead atoms. The van der Waals surface area contributed by atoms with Gasteiger partial charge in [0, 0.05) is 50.6 Å². The zero-order valence-electron chi connectivity index (χ0n) is 16.9. The van der Waals surface area contributed by atoms with Gasteiger partial charge in [0.25, 0.3) is 10.2 Å². The lowest BCUT2D eigenvalue weighted by atomic mass is 9.99. The highest BCUT2D eigenvalue weighted by atomic mass is 35.5. The lowest BCUT2D eigenvalue weighted by Gasteiger charge is -2.40. The van der Waals surface area contributed by atoms with E-state index in [0.717, 1.165) is 5.56 Å². The van der Waals surface area contributed by atoms with Crippen LogP contribution >= 0.6 is 11.6 Å². The summed E-state index contributed by atoms with van der Waals surface area (Å²) in [5.74, 6) is -1.12. The van der Waals surface area contributed by atoms with Crippen LogP contribution in [0.2, 0.25) is 5.02 Å². The predicted octanol–water partition coefficient (Wildman–Crippen LogP) is 1.75. The second-order valence-electron chi connectivity index (χ2n) is 8.02. The number of nitrogens with zero attached hydrogens (tertiary/aromatic N) is 2. The van der Waals surface area contributed by atoms with Gasteiger partial charge in [-0.2, -0.15) is 17.0 Å². The van der Waals surface area contributed by atoms with Crippen LogP contribution in [0.1, 0.15) is 31.2 Å².